The molecule has 0 aromatic carbocycles. The normalized spacial score (nSPS) is 39.3. The first-order chi connectivity index (χ1) is 6.33. The zero-order valence-corrected chi connectivity index (χ0v) is 8.41. The Morgan fingerprint density at radius 2 is 1.43 bits per heavy atom. The van der Waals surface area contributed by atoms with Gasteiger partial charge in [-0.2, -0.15) is 10.5 Å². The molecule has 2 atom stereocenters. The smallest absolute Gasteiger partial charge is 0.0883 e. The third-order valence-corrected chi connectivity index (χ3v) is 3.65. The van der Waals surface area contributed by atoms with Crippen molar-refractivity contribution in [2.45, 2.75) is 44.3 Å². The molecule has 4 nitrogen and oxygen atoms in total. The molecule has 1 aliphatic carbocycles. The zero-order chi connectivity index (χ0) is 11.0. The first-order valence-corrected chi connectivity index (χ1v) is 4.52. The molecule has 0 amide bonds. The number of rotatable bonds is 2. The largest absolute Gasteiger partial charge is 0.388 e. The average Bonchev–Trinajstić information content (AvgIpc) is 2.04. The van der Waals surface area contributed by atoms with E-state index in [2.05, 4.69) is 0 Å². The maximum absolute atomic E-state index is 10.0. The molecule has 1 saturated carbocycles. The van der Waals surface area contributed by atoms with Crippen molar-refractivity contribution in [1.29, 1.82) is 10.5 Å². The minimum atomic E-state index is -1.16. The van der Waals surface area contributed by atoms with E-state index in [9.17, 15) is 10.2 Å². The van der Waals surface area contributed by atoms with Crippen LogP contribution in [0.1, 0.15) is 33.1 Å². The molecule has 2 N–H and O–H groups in total. The molecule has 0 aromatic rings. The number of hydrogen-bond acceptors (Lipinski definition) is 4. The van der Waals surface area contributed by atoms with Crippen molar-refractivity contribution in [3.05, 3.63) is 0 Å². The monoisotopic (exact) mass is 194 g/mol. The van der Waals surface area contributed by atoms with Crippen LogP contribution in [-0.2, 0) is 0 Å². The Balaban J connectivity index is 2.88. The fraction of sp³-hybridized carbons (Fsp3) is 0.800. The van der Waals surface area contributed by atoms with Crippen LogP contribution in [0.5, 0.6) is 0 Å². The molecule has 76 valence electrons. The topological polar surface area (TPSA) is 88.0 Å². The molecule has 2 unspecified atom stereocenters. The summed E-state index contributed by atoms with van der Waals surface area (Å²) >= 11 is 0. The number of nitrogens with zero attached hydrogens (tertiary/aromatic N) is 2. The Hall–Kier alpha value is -1.10. The van der Waals surface area contributed by atoms with E-state index >= 15 is 0 Å². The summed E-state index contributed by atoms with van der Waals surface area (Å²) in [5.41, 5.74) is -3.12. The van der Waals surface area contributed by atoms with E-state index in [1.807, 2.05) is 12.1 Å². The fourth-order valence-corrected chi connectivity index (χ4v) is 2.08. The van der Waals surface area contributed by atoms with Crippen LogP contribution in [0.3, 0.4) is 0 Å². The summed E-state index contributed by atoms with van der Waals surface area (Å²) in [5, 5.41) is 37.1. The van der Waals surface area contributed by atoms with Gasteiger partial charge in [0.25, 0.3) is 0 Å². The van der Waals surface area contributed by atoms with Gasteiger partial charge in [-0.3, -0.25) is 0 Å². The van der Waals surface area contributed by atoms with Crippen molar-refractivity contribution >= 4 is 0 Å². The lowest BCUT2D eigenvalue weighted by molar-refractivity contribution is -0.282. The van der Waals surface area contributed by atoms with Gasteiger partial charge in [-0.05, 0) is 0 Å². The summed E-state index contributed by atoms with van der Waals surface area (Å²) in [5.74, 6) is 0. The second kappa shape index (κ2) is 2.95. The highest BCUT2D eigenvalue weighted by Gasteiger charge is 2.67. The van der Waals surface area contributed by atoms with Gasteiger partial charge in [-0.15, -0.1) is 0 Å². The number of aliphatic hydroxyl groups is 2. The molecule has 1 rings (SSSR count). The maximum atomic E-state index is 10.0. The van der Waals surface area contributed by atoms with E-state index in [4.69, 9.17) is 10.5 Å². The minimum absolute atomic E-state index is 0.00621. The van der Waals surface area contributed by atoms with Crippen molar-refractivity contribution in [2.75, 3.05) is 0 Å². The predicted molar refractivity (Wildman–Crippen MR) is 48.8 cm³/mol. The second-order valence-electron chi connectivity index (χ2n) is 4.53. The van der Waals surface area contributed by atoms with Crippen molar-refractivity contribution in [3.8, 4) is 12.1 Å². The van der Waals surface area contributed by atoms with E-state index in [-0.39, 0.29) is 19.3 Å². The Bertz CT molecular complexity index is 296. The van der Waals surface area contributed by atoms with E-state index < -0.39 is 16.6 Å². The van der Waals surface area contributed by atoms with Crippen molar-refractivity contribution in [3.63, 3.8) is 0 Å². The average molecular weight is 194 g/mol. The molecule has 0 aromatic heterocycles. The summed E-state index contributed by atoms with van der Waals surface area (Å²) in [6.07, 6.45) is 0.0929. The Morgan fingerprint density at radius 3 is 1.64 bits per heavy atom. The van der Waals surface area contributed by atoms with E-state index in [0.29, 0.717) is 0 Å². The van der Waals surface area contributed by atoms with Crippen LogP contribution in [0, 0.1) is 28.1 Å². The lowest BCUT2D eigenvalue weighted by Gasteiger charge is -2.62. The first kappa shape index (κ1) is 11.0. The quantitative estimate of drug-likeness (QED) is 0.677. The number of nitriles is 2. The Kier molecular flexibility index (Phi) is 2.31. The molecule has 14 heavy (non-hydrogen) atoms. The maximum Gasteiger partial charge on any atom is 0.0883 e. The Morgan fingerprint density at radius 1 is 1.07 bits per heavy atom. The molecule has 0 spiro atoms. The van der Waals surface area contributed by atoms with Gasteiger partial charge in [-0.25, -0.2) is 0 Å². The summed E-state index contributed by atoms with van der Waals surface area (Å²) in [4.78, 5) is 0. The molecule has 0 heterocycles. The van der Waals surface area contributed by atoms with Crippen LogP contribution in [0.2, 0.25) is 0 Å². The van der Waals surface area contributed by atoms with Crippen LogP contribution < -0.4 is 0 Å². The lowest BCUT2D eigenvalue weighted by atomic mass is 9.47. The zero-order valence-electron chi connectivity index (χ0n) is 8.41. The van der Waals surface area contributed by atoms with Crippen LogP contribution in [-0.4, -0.2) is 21.4 Å². The Labute approximate surface area is 83.4 Å². The predicted octanol–water partition coefficient (Wildman–Crippen LogP) is 0.706. The van der Waals surface area contributed by atoms with Crippen LogP contribution in [0.25, 0.3) is 0 Å². The van der Waals surface area contributed by atoms with Crippen LogP contribution in [0.4, 0.5) is 0 Å². The minimum Gasteiger partial charge on any atom is -0.388 e. The van der Waals surface area contributed by atoms with Crippen LogP contribution in [0.15, 0.2) is 0 Å². The highest BCUT2D eigenvalue weighted by molar-refractivity contribution is 5.22. The second-order valence-corrected chi connectivity index (χ2v) is 4.53. The van der Waals surface area contributed by atoms with Gasteiger partial charge in [-0.1, -0.05) is 13.8 Å². The van der Waals surface area contributed by atoms with E-state index in [1.165, 1.54) is 0 Å². The highest BCUT2D eigenvalue weighted by Crippen LogP contribution is 2.59. The van der Waals surface area contributed by atoms with Crippen molar-refractivity contribution in [1.82, 2.24) is 0 Å². The fourth-order valence-electron chi connectivity index (χ4n) is 2.08. The molecular weight excluding hydrogens is 180 g/mol. The van der Waals surface area contributed by atoms with Gasteiger partial charge >= 0.3 is 0 Å². The molecular formula is C10H14N2O2. The first-order valence-electron chi connectivity index (χ1n) is 4.52. The standard InChI is InChI=1S/C10H14N2O2/c1-8(2)9(13,3-5-11)7-10(8,14)4-6-12/h13-14H,3-4,7H2,1-2H3. The number of hydrogen-bond donors (Lipinski definition) is 2. The van der Waals surface area contributed by atoms with E-state index in [1.54, 1.807) is 13.8 Å². The van der Waals surface area contributed by atoms with Crippen molar-refractivity contribution < 1.29 is 10.2 Å². The molecule has 0 saturated heterocycles. The lowest BCUT2D eigenvalue weighted by Crippen LogP contribution is -2.71. The molecule has 0 bridgehead atoms. The summed E-state index contributed by atoms with van der Waals surface area (Å²) in [7, 11) is 0. The van der Waals surface area contributed by atoms with Gasteiger partial charge in [0.2, 0.25) is 0 Å². The summed E-state index contributed by atoms with van der Waals surface area (Å²) < 4.78 is 0. The molecule has 0 radical (unpaired) electrons. The SMILES string of the molecule is CC1(C)C(O)(CC#N)CC1(O)CC#N. The highest BCUT2D eigenvalue weighted by atomic mass is 16.3. The summed E-state index contributed by atoms with van der Waals surface area (Å²) in [6, 6.07) is 3.80. The third kappa shape index (κ3) is 1.12. The van der Waals surface area contributed by atoms with Gasteiger partial charge in [0.15, 0.2) is 0 Å². The van der Waals surface area contributed by atoms with E-state index in [0.717, 1.165) is 0 Å². The van der Waals surface area contributed by atoms with Gasteiger partial charge in [0, 0.05) is 11.8 Å². The van der Waals surface area contributed by atoms with Crippen molar-refractivity contribution in [2.24, 2.45) is 5.41 Å². The van der Waals surface area contributed by atoms with Gasteiger partial charge in [0.05, 0.1) is 36.2 Å². The third-order valence-electron chi connectivity index (χ3n) is 3.65. The molecule has 0 aliphatic heterocycles. The molecule has 1 aliphatic rings. The van der Waals surface area contributed by atoms with Gasteiger partial charge < -0.3 is 10.2 Å². The van der Waals surface area contributed by atoms with Gasteiger partial charge in [0.1, 0.15) is 0 Å². The molecule has 4 heteroatoms. The van der Waals surface area contributed by atoms with Crippen LogP contribution >= 0.6 is 0 Å². The molecule has 1 fully saturated rings. The summed E-state index contributed by atoms with van der Waals surface area (Å²) in [6.45, 7) is 3.37.